The Labute approximate surface area is 147 Å². The number of aryl methyl sites for hydroxylation is 2. The minimum atomic E-state index is -0.174. The maximum absolute atomic E-state index is 12.9. The molecule has 2 aromatic rings. The molecule has 1 aromatic heterocycles. The van der Waals surface area contributed by atoms with Crippen molar-refractivity contribution in [3.8, 4) is 0 Å². The summed E-state index contributed by atoms with van der Waals surface area (Å²) in [4.78, 5) is 17.5. The van der Waals surface area contributed by atoms with Gasteiger partial charge in [-0.15, -0.1) is 0 Å². The number of hydrogen-bond acceptors (Lipinski definition) is 4. The molecule has 0 aliphatic carbocycles. The Morgan fingerprint density at radius 3 is 2.83 bits per heavy atom. The normalized spacial score (nSPS) is 17.0. The number of aliphatic hydroxyl groups excluding tert-OH is 1. The van der Waals surface area contributed by atoms with Gasteiger partial charge in [0.05, 0.1) is 23.7 Å². The van der Waals surface area contributed by atoms with Crippen molar-refractivity contribution in [2.24, 2.45) is 5.92 Å². The van der Waals surface area contributed by atoms with Gasteiger partial charge in [-0.05, 0) is 55.7 Å². The fourth-order valence-corrected chi connectivity index (χ4v) is 4.53. The number of benzene rings is 1. The van der Waals surface area contributed by atoms with Crippen LogP contribution in [0.3, 0.4) is 0 Å². The molecule has 5 heteroatoms. The molecule has 1 atom stereocenters. The number of amides is 1. The first-order valence-electron chi connectivity index (χ1n) is 8.46. The highest BCUT2D eigenvalue weighted by Crippen LogP contribution is 2.26. The molecule has 0 spiro atoms. The van der Waals surface area contributed by atoms with Crippen LogP contribution in [0, 0.1) is 19.8 Å². The van der Waals surface area contributed by atoms with Crippen molar-refractivity contribution in [1.82, 2.24) is 10.3 Å². The minimum absolute atomic E-state index is 0.0118. The molecule has 1 amide bonds. The number of carbonyl (C=O) groups excluding carboxylic acids is 1. The Morgan fingerprint density at radius 2 is 2.12 bits per heavy atom. The highest BCUT2D eigenvalue weighted by Gasteiger charge is 2.25. The van der Waals surface area contributed by atoms with E-state index in [1.165, 1.54) is 0 Å². The summed E-state index contributed by atoms with van der Waals surface area (Å²) in [6.45, 7) is 3.90. The molecule has 0 bridgehead atoms. The number of nitrogens with zero attached hydrogens (tertiary/aromatic N) is 1. The second kappa shape index (κ2) is 7.53. The van der Waals surface area contributed by atoms with E-state index >= 15 is 0 Å². The van der Waals surface area contributed by atoms with Crippen molar-refractivity contribution < 1.29 is 9.90 Å². The predicted molar refractivity (Wildman–Crippen MR) is 99.6 cm³/mol. The third-order valence-electron chi connectivity index (χ3n) is 4.76. The van der Waals surface area contributed by atoms with Crippen LogP contribution in [-0.4, -0.2) is 40.2 Å². The number of thioether (sulfide) groups is 1. The number of carbonyl (C=O) groups is 1. The Morgan fingerprint density at radius 1 is 1.38 bits per heavy atom. The molecular weight excluding hydrogens is 320 g/mol. The third-order valence-corrected chi connectivity index (χ3v) is 5.81. The van der Waals surface area contributed by atoms with Crippen LogP contribution in [0.4, 0.5) is 0 Å². The van der Waals surface area contributed by atoms with Crippen LogP contribution in [0.25, 0.3) is 10.9 Å². The van der Waals surface area contributed by atoms with Crippen molar-refractivity contribution in [2.45, 2.75) is 32.7 Å². The first kappa shape index (κ1) is 17.2. The van der Waals surface area contributed by atoms with E-state index in [0.717, 1.165) is 46.5 Å². The molecule has 0 unspecified atom stereocenters. The largest absolute Gasteiger partial charge is 0.394 e. The molecular formula is C19H24N2O2S. The lowest BCUT2D eigenvalue weighted by molar-refractivity contribution is 0.0886. The summed E-state index contributed by atoms with van der Waals surface area (Å²) in [7, 11) is 0. The molecule has 1 saturated heterocycles. The maximum atomic E-state index is 12.9. The SMILES string of the molecule is Cc1cc(C(=O)N[C@H](CO)C2CCSCC2)c2cccc(C)c2n1. The highest BCUT2D eigenvalue weighted by molar-refractivity contribution is 7.99. The Kier molecular flexibility index (Phi) is 5.41. The molecule has 1 aliphatic heterocycles. The van der Waals surface area contributed by atoms with Gasteiger partial charge in [0.15, 0.2) is 0 Å². The summed E-state index contributed by atoms with van der Waals surface area (Å²) in [5.41, 5.74) is 3.41. The van der Waals surface area contributed by atoms with Gasteiger partial charge in [-0.2, -0.15) is 11.8 Å². The average molecular weight is 344 g/mol. The lowest BCUT2D eigenvalue weighted by atomic mass is 9.93. The Hall–Kier alpha value is -1.59. The van der Waals surface area contributed by atoms with E-state index in [9.17, 15) is 9.90 Å². The standard InChI is InChI=1S/C19H24N2O2S/c1-12-4-3-5-15-16(10-13(2)20-18(12)15)19(23)21-17(11-22)14-6-8-24-9-7-14/h3-5,10,14,17,22H,6-9,11H2,1-2H3,(H,21,23)/t17-/m1/s1. The van der Waals surface area contributed by atoms with Gasteiger partial charge in [0, 0.05) is 11.1 Å². The van der Waals surface area contributed by atoms with Gasteiger partial charge in [-0.25, -0.2) is 0 Å². The van der Waals surface area contributed by atoms with Crippen molar-refractivity contribution in [1.29, 1.82) is 0 Å². The van der Waals surface area contributed by atoms with Gasteiger partial charge in [-0.3, -0.25) is 9.78 Å². The molecule has 1 fully saturated rings. The average Bonchev–Trinajstić information content (AvgIpc) is 2.60. The first-order valence-corrected chi connectivity index (χ1v) is 9.62. The van der Waals surface area contributed by atoms with Crippen molar-refractivity contribution in [3.05, 3.63) is 41.1 Å². The van der Waals surface area contributed by atoms with Gasteiger partial charge in [0.25, 0.3) is 5.91 Å². The van der Waals surface area contributed by atoms with Crippen LogP contribution in [0.1, 0.15) is 34.5 Å². The monoisotopic (exact) mass is 344 g/mol. The summed E-state index contributed by atoms with van der Waals surface area (Å²) in [5, 5.41) is 13.7. The topological polar surface area (TPSA) is 62.2 Å². The van der Waals surface area contributed by atoms with Gasteiger partial charge in [0.2, 0.25) is 0 Å². The number of para-hydroxylation sites is 1. The van der Waals surface area contributed by atoms with E-state index in [-0.39, 0.29) is 18.6 Å². The molecule has 2 N–H and O–H groups in total. The van der Waals surface area contributed by atoms with Crippen LogP contribution in [0.2, 0.25) is 0 Å². The molecule has 0 saturated carbocycles. The fourth-order valence-electron chi connectivity index (χ4n) is 3.38. The molecule has 24 heavy (non-hydrogen) atoms. The molecule has 4 nitrogen and oxygen atoms in total. The van der Waals surface area contributed by atoms with Crippen LogP contribution < -0.4 is 5.32 Å². The summed E-state index contributed by atoms with van der Waals surface area (Å²) < 4.78 is 0. The lowest BCUT2D eigenvalue weighted by Crippen LogP contribution is -2.44. The van der Waals surface area contributed by atoms with E-state index in [1.54, 1.807) is 0 Å². The number of hydrogen-bond donors (Lipinski definition) is 2. The molecule has 2 heterocycles. The number of fused-ring (bicyclic) bond motifs is 1. The second-order valence-corrected chi connectivity index (χ2v) is 7.72. The quantitative estimate of drug-likeness (QED) is 0.895. The van der Waals surface area contributed by atoms with Crippen molar-refractivity contribution in [3.63, 3.8) is 0 Å². The maximum Gasteiger partial charge on any atom is 0.252 e. The predicted octanol–water partition coefficient (Wildman–Crippen LogP) is 3.09. The van der Waals surface area contributed by atoms with Crippen LogP contribution in [0.15, 0.2) is 24.3 Å². The number of aliphatic hydroxyl groups is 1. The van der Waals surface area contributed by atoms with E-state index in [0.29, 0.717) is 11.5 Å². The number of nitrogens with one attached hydrogen (secondary N) is 1. The molecule has 0 radical (unpaired) electrons. The van der Waals surface area contributed by atoms with Crippen LogP contribution >= 0.6 is 11.8 Å². The smallest absolute Gasteiger partial charge is 0.252 e. The Balaban J connectivity index is 1.89. The summed E-state index contributed by atoms with van der Waals surface area (Å²) >= 11 is 1.94. The van der Waals surface area contributed by atoms with Crippen LogP contribution in [-0.2, 0) is 0 Å². The molecule has 1 aromatic carbocycles. The fraction of sp³-hybridized carbons (Fsp3) is 0.474. The Bertz CT molecular complexity index is 741. The zero-order valence-electron chi connectivity index (χ0n) is 14.2. The summed E-state index contributed by atoms with van der Waals surface area (Å²) in [6, 6.07) is 7.56. The summed E-state index contributed by atoms with van der Waals surface area (Å²) in [6.07, 6.45) is 2.09. The summed E-state index contributed by atoms with van der Waals surface area (Å²) in [5.74, 6) is 2.45. The van der Waals surface area contributed by atoms with E-state index in [2.05, 4.69) is 10.3 Å². The van der Waals surface area contributed by atoms with Gasteiger partial charge in [-0.1, -0.05) is 18.2 Å². The second-order valence-electron chi connectivity index (χ2n) is 6.49. The number of aromatic nitrogens is 1. The third kappa shape index (κ3) is 3.57. The van der Waals surface area contributed by atoms with E-state index in [4.69, 9.17) is 0 Å². The van der Waals surface area contributed by atoms with Gasteiger partial charge in [0.1, 0.15) is 0 Å². The molecule has 1 aliphatic rings. The van der Waals surface area contributed by atoms with Gasteiger partial charge >= 0.3 is 0 Å². The number of rotatable bonds is 4. The highest BCUT2D eigenvalue weighted by atomic mass is 32.2. The molecule has 128 valence electrons. The van der Waals surface area contributed by atoms with Gasteiger partial charge < -0.3 is 10.4 Å². The lowest BCUT2D eigenvalue weighted by Gasteiger charge is -2.29. The van der Waals surface area contributed by atoms with Crippen molar-refractivity contribution >= 4 is 28.6 Å². The van der Waals surface area contributed by atoms with Crippen LogP contribution in [0.5, 0.6) is 0 Å². The molecule has 3 rings (SSSR count). The van der Waals surface area contributed by atoms with E-state index < -0.39 is 0 Å². The first-order chi connectivity index (χ1) is 11.6. The number of pyridine rings is 1. The minimum Gasteiger partial charge on any atom is -0.394 e. The van der Waals surface area contributed by atoms with E-state index in [1.807, 2.05) is 49.9 Å². The zero-order chi connectivity index (χ0) is 17.1. The zero-order valence-corrected chi connectivity index (χ0v) is 15.0. The van der Waals surface area contributed by atoms with Crippen molar-refractivity contribution in [2.75, 3.05) is 18.1 Å².